The molecule has 1 aliphatic carbocycles. The molecule has 54 heavy (non-hydrogen) atoms. The molecule has 2 heteroatoms. The molecule has 0 unspecified atom stereocenters. The topological polar surface area (TPSA) is 25.8 Å². The van der Waals surface area contributed by atoms with Crippen molar-refractivity contribution in [1.29, 1.82) is 0 Å². The Morgan fingerprint density at radius 3 is 1.87 bits per heavy atom. The fourth-order valence-corrected chi connectivity index (χ4v) is 8.26. The lowest BCUT2D eigenvalue weighted by Crippen LogP contribution is -2.04. The highest BCUT2D eigenvalue weighted by molar-refractivity contribution is 5.85. The second-order valence-corrected chi connectivity index (χ2v) is 15.3. The number of aromatic nitrogens is 2. The van der Waals surface area contributed by atoms with Gasteiger partial charge in [-0.2, -0.15) is 0 Å². The first kappa shape index (κ1) is 34.2. The maximum absolute atomic E-state index is 8.94. The Labute approximate surface area is 323 Å². The minimum Gasteiger partial charge on any atom is -0.256 e. The Hall–Kier alpha value is -5.60. The Kier molecular flexibility index (Phi) is 10.2. The number of rotatable bonds is 10. The van der Waals surface area contributed by atoms with Gasteiger partial charge in [-0.05, 0) is 118 Å². The number of hydrogen-bond donors (Lipinski definition) is 0. The summed E-state index contributed by atoms with van der Waals surface area (Å²) in [5.41, 5.74) is 17.6. The molecule has 8 rings (SSSR count). The number of hydrogen-bond acceptors (Lipinski definition) is 2. The monoisotopic (exact) mass is 703 g/mol. The van der Waals surface area contributed by atoms with Crippen LogP contribution in [-0.4, -0.2) is 9.97 Å². The molecule has 2 aromatic heterocycles. The zero-order valence-electron chi connectivity index (χ0n) is 32.9. The van der Waals surface area contributed by atoms with E-state index in [2.05, 4.69) is 139 Å². The van der Waals surface area contributed by atoms with Crippen LogP contribution in [0.15, 0.2) is 152 Å². The third kappa shape index (κ3) is 7.99. The van der Waals surface area contributed by atoms with Gasteiger partial charge in [0.2, 0.25) is 0 Å². The molecule has 1 fully saturated rings. The first-order chi connectivity index (χ1) is 26.8. The standard InChI is InChI=1S/C52H50N2/c1-36(2)50-35-54-52(34-49(50)43-24-22-41(23-25-43)40-11-5-4-6-12-40)45-28-26-42(27-29-45)47-13-7-8-14-48(47)46-32-37(3)31-39(33-46)17-16-38-18-20-44(21-19-38)51-15-9-10-30-53-51/h7-10,13-15,18-36,40H,4-6,11-12,16-17H2,1-3H3/i36D. The maximum atomic E-state index is 8.94. The second-order valence-electron chi connectivity index (χ2n) is 15.3. The first-order valence-electron chi connectivity index (χ1n) is 20.2. The van der Waals surface area contributed by atoms with E-state index in [1.165, 1.54) is 76.6 Å². The van der Waals surface area contributed by atoms with Crippen LogP contribution in [0.4, 0.5) is 0 Å². The summed E-state index contributed by atoms with van der Waals surface area (Å²) in [7, 11) is 0. The molecule has 1 saturated carbocycles. The largest absolute Gasteiger partial charge is 0.256 e. The molecule has 0 amide bonds. The van der Waals surface area contributed by atoms with Gasteiger partial charge in [-0.15, -0.1) is 0 Å². The van der Waals surface area contributed by atoms with E-state index >= 15 is 0 Å². The Morgan fingerprint density at radius 2 is 1.17 bits per heavy atom. The van der Waals surface area contributed by atoms with Crippen LogP contribution < -0.4 is 0 Å². The fraction of sp³-hybridized carbons (Fsp3) is 0.231. The molecular formula is C52H50N2. The van der Waals surface area contributed by atoms with E-state index in [9.17, 15) is 0 Å². The van der Waals surface area contributed by atoms with Crippen LogP contribution in [0.1, 0.15) is 87.0 Å². The van der Waals surface area contributed by atoms with Gasteiger partial charge in [0.25, 0.3) is 0 Å². The predicted octanol–water partition coefficient (Wildman–Crippen LogP) is 14.1. The lowest BCUT2D eigenvalue weighted by molar-refractivity contribution is 0.443. The first-order valence-corrected chi connectivity index (χ1v) is 19.7. The molecule has 0 atom stereocenters. The lowest BCUT2D eigenvalue weighted by atomic mass is 9.83. The summed E-state index contributed by atoms with van der Waals surface area (Å²) in [6.45, 7) is 6.11. The number of pyridine rings is 2. The van der Waals surface area contributed by atoms with Gasteiger partial charge in [-0.25, -0.2) is 0 Å². The van der Waals surface area contributed by atoms with Gasteiger partial charge in [0.15, 0.2) is 0 Å². The van der Waals surface area contributed by atoms with E-state index in [-0.39, 0.29) is 0 Å². The van der Waals surface area contributed by atoms with Crippen molar-refractivity contribution in [2.75, 3.05) is 0 Å². The molecule has 2 heterocycles. The van der Waals surface area contributed by atoms with Crippen LogP contribution in [0, 0.1) is 6.92 Å². The molecule has 0 N–H and O–H groups in total. The van der Waals surface area contributed by atoms with Crippen LogP contribution in [0.2, 0.25) is 0 Å². The SMILES string of the molecule is [2H]C(C)(C)c1cnc(-c2ccc(-c3ccccc3-c3cc(C)cc(CCc4ccc(-c5ccccn5)cc4)c3)cc2)cc1-c1ccc(C2CCCCC2)cc1. The highest BCUT2D eigenvalue weighted by Gasteiger charge is 2.17. The van der Waals surface area contributed by atoms with Crippen molar-refractivity contribution in [3.05, 3.63) is 180 Å². The number of aryl methyl sites for hydroxylation is 3. The zero-order chi connectivity index (χ0) is 37.8. The van der Waals surface area contributed by atoms with Crippen molar-refractivity contribution < 1.29 is 1.37 Å². The van der Waals surface area contributed by atoms with Crippen molar-refractivity contribution in [2.24, 2.45) is 0 Å². The minimum absolute atomic E-state index is 0.673. The number of benzene rings is 5. The molecule has 0 aliphatic heterocycles. The van der Waals surface area contributed by atoms with Crippen LogP contribution >= 0.6 is 0 Å². The number of nitrogens with zero attached hydrogens (tertiary/aromatic N) is 2. The smallest absolute Gasteiger partial charge is 0.0708 e. The van der Waals surface area contributed by atoms with E-state index in [1.54, 1.807) is 0 Å². The highest BCUT2D eigenvalue weighted by atomic mass is 14.7. The summed E-state index contributed by atoms with van der Waals surface area (Å²) in [5, 5.41) is 0. The molecule has 5 aromatic carbocycles. The average Bonchev–Trinajstić information content (AvgIpc) is 3.23. The quantitative estimate of drug-likeness (QED) is 0.142. The second kappa shape index (κ2) is 16.2. The third-order valence-corrected chi connectivity index (χ3v) is 11.2. The van der Waals surface area contributed by atoms with Gasteiger partial charge in [0, 0.05) is 24.9 Å². The summed E-state index contributed by atoms with van der Waals surface area (Å²) in [6, 6.07) is 50.8. The Balaban J connectivity index is 1.03. The summed E-state index contributed by atoms with van der Waals surface area (Å²) < 4.78 is 8.94. The normalized spacial score (nSPS) is 13.8. The zero-order valence-corrected chi connectivity index (χ0v) is 31.9. The summed E-state index contributed by atoms with van der Waals surface area (Å²) in [6.07, 6.45) is 12.3. The lowest BCUT2D eigenvalue weighted by Gasteiger charge is -2.22. The van der Waals surface area contributed by atoms with Gasteiger partial charge in [0.05, 0.1) is 11.4 Å². The molecule has 0 saturated heterocycles. The molecular weight excluding hydrogens is 653 g/mol. The van der Waals surface area contributed by atoms with Crippen LogP contribution in [0.3, 0.4) is 0 Å². The minimum atomic E-state index is -0.766. The van der Waals surface area contributed by atoms with Gasteiger partial charge >= 0.3 is 0 Å². The summed E-state index contributed by atoms with van der Waals surface area (Å²) in [5.74, 6) is -0.0925. The average molecular weight is 704 g/mol. The molecule has 268 valence electrons. The molecule has 1 aliphatic rings. The van der Waals surface area contributed by atoms with E-state index < -0.39 is 5.89 Å². The van der Waals surface area contributed by atoms with Crippen molar-refractivity contribution in [3.8, 4) is 55.9 Å². The van der Waals surface area contributed by atoms with Gasteiger partial charge in [-0.3, -0.25) is 9.97 Å². The van der Waals surface area contributed by atoms with Crippen molar-refractivity contribution in [1.82, 2.24) is 9.97 Å². The van der Waals surface area contributed by atoms with E-state index in [0.717, 1.165) is 52.0 Å². The van der Waals surface area contributed by atoms with Crippen LogP contribution in [0.25, 0.3) is 55.9 Å². The highest BCUT2D eigenvalue weighted by Crippen LogP contribution is 2.38. The molecule has 0 bridgehead atoms. The Morgan fingerprint density at radius 1 is 0.556 bits per heavy atom. The van der Waals surface area contributed by atoms with Crippen molar-refractivity contribution >= 4 is 0 Å². The van der Waals surface area contributed by atoms with Gasteiger partial charge < -0.3 is 0 Å². The molecule has 7 aromatic rings. The van der Waals surface area contributed by atoms with E-state index in [1.807, 2.05) is 38.4 Å². The van der Waals surface area contributed by atoms with E-state index in [0.29, 0.717) is 5.92 Å². The fourth-order valence-electron chi connectivity index (χ4n) is 8.26. The van der Waals surface area contributed by atoms with Gasteiger partial charge in [0.1, 0.15) is 0 Å². The molecule has 0 spiro atoms. The van der Waals surface area contributed by atoms with E-state index in [4.69, 9.17) is 6.35 Å². The van der Waals surface area contributed by atoms with Crippen molar-refractivity contribution in [2.45, 2.75) is 77.5 Å². The summed E-state index contributed by atoms with van der Waals surface area (Å²) in [4.78, 5) is 9.41. The Bertz CT molecular complexity index is 2360. The van der Waals surface area contributed by atoms with Crippen molar-refractivity contribution in [3.63, 3.8) is 0 Å². The predicted molar refractivity (Wildman–Crippen MR) is 228 cm³/mol. The van der Waals surface area contributed by atoms with Gasteiger partial charge in [-0.1, -0.05) is 160 Å². The third-order valence-electron chi connectivity index (χ3n) is 11.2. The summed E-state index contributed by atoms with van der Waals surface area (Å²) >= 11 is 0. The molecule has 0 radical (unpaired) electrons. The van der Waals surface area contributed by atoms with Crippen LogP contribution in [0.5, 0.6) is 0 Å². The molecule has 2 nitrogen and oxygen atoms in total. The van der Waals surface area contributed by atoms with Crippen LogP contribution in [-0.2, 0) is 12.8 Å². The maximum Gasteiger partial charge on any atom is 0.0708 e.